The number of halogens is 1. The van der Waals surface area contributed by atoms with E-state index in [4.69, 9.17) is 10.5 Å². The van der Waals surface area contributed by atoms with E-state index in [-0.39, 0.29) is 18.3 Å². The fraction of sp³-hybridized carbons (Fsp3) is 0.462. The zero-order valence-electron chi connectivity index (χ0n) is 10.4. The number of rotatable bonds is 5. The highest BCUT2D eigenvalue weighted by Gasteiger charge is 2.47. The van der Waals surface area contributed by atoms with Gasteiger partial charge in [-0.15, -0.1) is 0 Å². The summed E-state index contributed by atoms with van der Waals surface area (Å²) in [5, 5.41) is 0. The third-order valence-corrected chi connectivity index (χ3v) is 3.08. The van der Waals surface area contributed by atoms with E-state index in [0.29, 0.717) is 6.54 Å². The van der Waals surface area contributed by atoms with Crippen molar-refractivity contribution in [2.24, 2.45) is 5.73 Å². The Hall–Kier alpha value is -1.62. The number of ether oxygens (including phenoxy) is 1. The van der Waals surface area contributed by atoms with Crippen LogP contribution < -0.4 is 10.5 Å². The minimum absolute atomic E-state index is 0.0698. The maximum atomic E-state index is 13.2. The molecular formula is C13H17FN2O2. The van der Waals surface area contributed by atoms with Crippen LogP contribution in [0.25, 0.3) is 0 Å². The molecule has 1 aliphatic carbocycles. The van der Waals surface area contributed by atoms with Crippen LogP contribution in [0, 0.1) is 5.82 Å². The van der Waals surface area contributed by atoms with Crippen LogP contribution in [0.5, 0.6) is 5.75 Å². The second-order valence-corrected chi connectivity index (χ2v) is 4.66. The monoisotopic (exact) mass is 252 g/mol. The van der Waals surface area contributed by atoms with Crippen LogP contribution in [-0.4, -0.2) is 36.5 Å². The second kappa shape index (κ2) is 4.94. The zero-order chi connectivity index (χ0) is 13.2. The van der Waals surface area contributed by atoms with Gasteiger partial charge >= 0.3 is 0 Å². The molecule has 18 heavy (non-hydrogen) atoms. The zero-order valence-corrected chi connectivity index (χ0v) is 10.4. The van der Waals surface area contributed by atoms with Crippen molar-refractivity contribution in [2.45, 2.75) is 18.4 Å². The Morgan fingerprint density at radius 2 is 2.17 bits per heavy atom. The average molecular weight is 252 g/mol. The molecule has 5 heteroatoms. The summed E-state index contributed by atoms with van der Waals surface area (Å²) < 4.78 is 18.5. The van der Waals surface area contributed by atoms with Gasteiger partial charge in [0.25, 0.3) is 0 Å². The molecule has 0 saturated heterocycles. The van der Waals surface area contributed by atoms with Crippen LogP contribution in [0.3, 0.4) is 0 Å². The van der Waals surface area contributed by atoms with Gasteiger partial charge in [0.05, 0.1) is 12.1 Å². The normalized spacial score (nSPS) is 16.2. The summed E-state index contributed by atoms with van der Waals surface area (Å²) in [5.74, 6) is -0.268. The summed E-state index contributed by atoms with van der Waals surface area (Å²) in [6, 6.07) is 6.20. The molecule has 0 unspecified atom stereocenters. The Bertz CT molecular complexity index is 446. The number of amides is 1. The van der Waals surface area contributed by atoms with Gasteiger partial charge in [-0.2, -0.15) is 0 Å². The van der Waals surface area contributed by atoms with Gasteiger partial charge in [-0.05, 0) is 25.0 Å². The third kappa shape index (κ3) is 2.79. The molecule has 1 aliphatic rings. The standard InChI is InChI=1S/C13H17FN2O2/c1-16(12(17)13(15)6-7-13)8-9-18-11-5-3-2-4-10(11)14/h2-5H,6-9,15H2,1H3. The topological polar surface area (TPSA) is 55.6 Å². The minimum Gasteiger partial charge on any atom is -0.489 e. The van der Waals surface area contributed by atoms with Gasteiger partial charge in [0.1, 0.15) is 6.61 Å². The molecule has 0 bridgehead atoms. The molecule has 0 aromatic heterocycles. The lowest BCUT2D eigenvalue weighted by Gasteiger charge is -2.20. The van der Waals surface area contributed by atoms with Crippen molar-refractivity contribution >= 4 is 5.91 Å². The fourth-order valence-corrected chi connectivity index (χ4v) is 1.68. The predicted molar refractivity (Wildman–Crippen MR) is 65.7 cm³/mol. The van der Waals surface area contributed by atoms with Crippen molar-refractivity contribution < 1.29 is 13.9 Å². The van der Waals surface area contributed by atoms with Gasteiger partial charge in [0.2, 0.25) is 5.91 Å². The van der Waals surface area contributed by atoms with E-state index < -0.39 is 11.4 Å². The van der Waals surface area contributed by atoms with Crippen LogP contribution in [-0.2, 0) is 4.79 Å². The minimum atomic E-state index is -0.660. The van der Waals surface area contributed by atoms with Crippen molar-refractivity contribution in [2.75, 3.05) is 20.2 Å². The molecule has 1 amide bonds. The van der Waals surface area contributed by atoms with Crippen LogP contribution in [0.15, 0.2) is 24.3 Å². The molecule has 1 aromatic rings. The number of likely N-dealkylation sites (N-methyl/N-ethyl adjacent to an activating group) is 1. The smallest absolute Gasteiger partial charge is 0.242 e. The quantitative estimate of drug-likeness (QED) is 0.855. The molecule has 2 rings (SSSR count). The van der Waals surface area contributed by atoms with E-state index in [0.717, 1.165) is 12.8 Å². The Labute approximate surface area is 106 Å². The van der Waals surface area contributed by atoms with Gasteiger partial charge < -0.3 is 15.4 Å². The maximum Gasteiger partial charge on any atom is 0.242 e. The summed E-state index contributed by atoms with van der Waals surface area (Å²) in [5.41, 5.74) is 5.15. The van der Waals surface area contributed by atoms with Crippen LogP contribution in [0.1, 0.15) is 12.8 Å². The lowest BCUT2D eigenvalue weighted by atomic mass is 10.2. The van der Waals surface area contributed by atoms with E-state index in [1.807, 2.05) is 0 Å². The SMILES string of the molecule is CN(CCOc1ccccc1F)C(=O)C1(N)CC1. The summed E-state index contributed by atoms with van der Waals surface area (Å²) in [4.78, 5) is 13.3. The highest BCUT2D eigenvalue weighted by atomic mass is 19.1. The van der Waals surface area contributed by atoms with E-state index in [1.165, 1.54) is 11.0 Å². The lowest BCUT2D eigenvalue weighted by Crippen LogP contribution is -2.45. The van der Waals surface area contributed by atoms with Crippen molar-refractivity contribution in [3.05, 3.63) is 30.1 Å². The molecule has 4 nitrogen and oxygen atoms in total. The van der Waals surface area contributed by atoms with E-state index in [1.54, 1.807) is 25.2 Å². The maximum absolute atomic E-state index is 13.2. The number of hydrogen-bond acceptors (Lipinski definition) is 3. The summed E-state index contributed by atoms with van der Waals surface area (Å²) in [7, 11) is 1.68. The molecule has 1 saturated carbocycles. The van der Waals surface area contributed by atoms with E-state index >= 15 is 0 Å². The van der Waals surface area contributed by atoms with Gasteiger partial charge in [0.15, 0.2) is 11.6 Å². The lowest BCUT2D eigenvalue weighted by molar-refractivity contribution is -0.132. The number of carbonyl (C=O) groups excluding carboxylic acids is 1. The van der Waals surface area contributed by atoms with Gasteiger partial charge in [0, 0.05) is 7.05 Å². The van der Waals surface area contributed by atoms with Crippen LogP contribution >= 0.6 is 0 Å². The Balaban J connectivity index is 1.79. The number of benzene rings is 1. The number of hydrogen-bond donors (Lipinski definition) is 1. The fourth-order valence-electron chi connectivity index (χ4n) is 1.68. The first-order valence-corrected chi connectivity index (χ1v) is 5.95. The highest BCUT2D eigenvalue weighted by Crippen LogP contribution is 2.33. The van der Waals surface area contributed by atoms with Crippen LogP contribution in [0.2, 0.25) is 0 Å². The van der Waals surface area contributed by atoms with Crippen molar-refractivity contribution in [1.29, 1.82) is 0 Å². The second-order valence-electron chi connectivity index (χ2n) is 4.66. The van der Waals surface area contributed by atoms with Gasteiger partial charge in [-0.25, -0.2) is 4.39 Å². The molecule has 0 radical (unpaired) electrons. The highest BCUT2D eigenvalue weighted by molar-refractivity contribution is 5.88. The van der Waals surface area contributed by atoms with E-state index in [9.17, 15) is 9.18 Å². The molecule has 0 aliphatic heterocycles. The van der Waals surface area contributed by atoms with Crippen molar-refractivity contribution in [1.82, 2.24) is 4.90 Å². The summed E-state index contributed by atoms with van der Waals surface area (Å²) in [6.45, 7) is 0.644. The third-order valence-electron chi connectivity index (χ3n) is 3.08. The number of nitrogens with zero attached hydrogens (tertiary/aromatic N) is 1. The van der Waals surface area contributed by atoms with Crippen LogP contribution in [0.4, 0.5) is 4.39 Å². The number of para-hydroxylation sites is 1. The Morgan fingerprint density at radius 1 is 1.50 bits per heavy atom. The molecule has 1 fully saturated rings. The van der Waals surface area contributed by atoms with Crippen molar-refractivity contribution in [3.63, 3.8) is 0 Å². The molecular weight excluding hydrogens is 235 g/mol. The first kappa shape index (κ1) is 12.8. The number of carbonyl (C=O) groups is 1. The predicted octanol–water partition coefficient (Wildman–Crippen LogP) is 1.15. The van der Waals surface area contributed by atoms with Gasteiger partial charge in [-0.3, -0.25) is 4.79 Å². The summed E-state index contributed by atoms with van der Waals surface area (Å²) >= 11 is 0. The molecule has 0 heterocycles. The number of nitrogens with two attached hydrogens (primary N) is 1. The van der Waals surface area contributed by atoms with Crippen molar-refractivity contribution in [3.8, 4) is 5.75 Å². The first-order chi connectivity index (χ1) is 8.53. The Kier molecular flexibility index (Phi) is 3.52. The first-order valence-electron chi connectivity index (χ1n) is 5.95. The molecule has 2 N–H and O–H groups in total. The molecule has 0 atom stereocenters. The average Bonchev–Trinajstić information content (AvgIpc) is 3.10. The molecule has 98 valence electrons. The Morgan fingerprint density at radius 3 is 2.78 bits per heavy atom. The van der Waals surface area contributed by atoms with E-state index in [2.05, 4.69) is 0 Å². The largest absolute Gasteiger partial charge is 0.489 e. The molecule has 0 spiro atoms. The van der Waals surface area contributed by atoms with Gasteiger partial charge in [-0.1, -0.05) is 12.1 Å². The summed E-state index contributed by atoms with van der Waals surface area (Å²) in [6.07, 6.45) is 1.48. The molecule has 1 aromatic carbocycles.